The van der Waals surface area contributed by atoms with E-state index in [2.05, 4.69) is 15.5 Å². The Hall–Kier alpha value is -3.10. The molecule has 0 fully saturated rings. The van der Waals surface area contributed by atoms with E-state index in [4.69, 9.17) is 0 Å². The number of hydrogen-bond acceptors (Lipinski definition) is 5. The van der Waals surface area contributed by atoms with Crippen molar-refractivity contribution in [3.05, 3.63) is 62.3 Å². The van der Waals surface area contributed by atoms with Gasteiger partial charge in [0, 0.05) is 6.07 Å². The van der Waals surface area contributed by atoms with Crippen LogP contribution >= 0.6 is 0 Å². The fourth-order valence-electron chi connectivity index (χ4n) is 1.42. The number of rotatable bonds is 3. The first kappa shape index (κ1) is 13.3. The molecular weight excluding hydrogens is 271 g/mol. The van der Waals surface area contributed by atoms with Gasteiger partial charge in [-0.25, -0.2) is 9.49 Å². The van der Waals surface area contributed by atoms with Gasteiger partial charge in [-0.05, 0) is 18.2 Å². The Morgan fingerprint density at radius 2 is 2.10 bits per heavy atom. The van der Waals surface area contributed by atoms with Crippen molar-refractivity contribution in [1.29, 1.82) is 0 Å². The van der Waals surface area contributed by atoms with Gasteiger partial charge in [-0.1, -0.05) is 0 Å². The minimum atomic E-state index is -0.820. The SMILES string of the molecule is O=C(Nc1ccc(F)cc1[N+](=O)[O-])c1ccc(=O)[nH]n1. The number of anilines is 1. The quantitative estimate of drug-likeness (QED) is 0.643. The van der Waals surface area contributed by atoms with Crippen LogP contribution in [-0.4, -0.2) is 21.0 Å². The van der Waals surface area contributed by atoms with E-state index in [1.165, 1.54) is 0 Å². The number of H-pyrrole nitrogens is 1. The molecule has 1 heterocycles. The molecule has 0 spiro atoms. The number of aromatic nitrogens is 2. The lowest BCUT2D eigenvalue weighted by molar-refractivity contribution is -0.384. The van der Waals surface area contributed by atoms with E-state index in [1.807, 2.05) is 0 Å². The Bertz CT molecular complexity index is 723. The monoisotopic (exact) mass is 278 g/mol. The van der Waals surface area contributed by atoms with Crippen LogP contribution in [0, 0.1) is 15.9 Å². The van der Waals surface area contributed by atoms with Gasteiger partial charge in [0.2, 0.25) is 0 Å². The Balaban J connectivity index is 2.30. The van der Waals surface area contributed by atoms with Crippen LogP contribution in [-0.2, 0) is 0 Å². The molecular formula is C11H7FN4O4. The van der Waals surface area contributed by atoms with Crippen molar-refractivity contribution in [2.75, 3.05) is 5.32 Å². The molecule has 2 N–H and O–H groups in total. The molecule has 8 nitrogen and oxygen atoms in total. The summed E-state index contributed by atoms with van der Waals surface area (Å²) in [4.78, 5) is 32.5. The van der Waals surface area contributed by atoms with Gasteiger partial charge in [0.05, 0.1) is 11.0 Å². The Labute approximate surface area is 110 Å². The molecule has 1 amide bonds. The van der Waals surface area contributed by atoms with Gasteiger partial charge in [-0.2, -0.15) is 5.10 Å². The Kier molecular flexibility index (Phi) is 3.51. The van der Waals surface area contributed by atoms with Crippen LogP contribution in [0.2, 0.25) is 0 Å². The van der Waals surface area contributed by atoms with E-state index >= 15 is 0 Å². The zero-order chi connectivity index (χ0) is 14.7. The van der Waals surface area contributed by atoms with E-state index in [-0.39, 0.29) is 11.4 Å². The van der Waals surface area contributed by atoms with E-state index in [0.717, 1.165) is 24.3 Å². The van der Waals surface area contributed by atoms with Crippen LogP contribution in [0.5, 0.6) is 0 Å². The second kappa shape index (κ2) is 5.26. The van der Waals surface area contributed by atoms with Crippen LogP contribution in [0.1, 0.15) is 10.5 Å². The molecule has 0 saturated heterocycles. The Morgan fingerprint density at radius 1 is 1.35 bits per heavy atom. The van der Waals surface area contributed by atoms with Crippen molar-refractivity contribution in [3.63, 3.8) is 0 Å². The second-order valence-corrected chi connectivity index (χ2v) is 3.68. The average Bonchev–Trinajstić information content (AvgIpc) is 2.41. The molecule has 2 rings (SSSR count). The van der Waals surface area contributed by atoms with Crippen LogP contribution in [0.15, 0.2) is 35.1 Å². The predicted octanol–water partition coefficient (Wildman–Crippen LogP) is 1.07. The molecule has 1 aromatic carbocycles. The van der Waals surface area contributed by atoms with Crippen molar-refractivity contribution < 1.29 is 14.1 Å². The van der Waals surface area contributed by atoms with Crippen molar-refractivity contribution in [3.8, 4) is 0 Å². The molecule has 0 radical (unpaired) electrons. The topological polar surface area (TPSA) is 118 Å². The van der Waals surface area contributed by atoms with E-state index < -0.39 is 27.9 Å². The molecule has 20 heavy (non-hydrogen) atoms. The zero-order valence-corrected chi connectivity index (χ0v) is 9.79. The highest BCUT2D eigenvalue weighted by Gasteiger charge is 2.18. The maximum atomic E-state index is 12.9. The molecule has 102 valence electrons. The molecule has 0 bridgehead atoms. The van der Waals surface area contributed by atoms with Crippen LogP contribution in [0.3, 0.4) is 0 Å². The number of nitrogens with one attached hydrogen (secondary N) is 2. The fraction of sp³-hybridized carbons (Fsp3) is 0. The van der Waals surface area contributed by atoms with Gasteiger partial charge in [0.1, 0.15) is 17.2 Å². The lowest BCUT2D eigenvalue weighted by Gasteiger charge is -2.05. The van der Waals surface area contributed by atoms with Gasteiger partial charge < -0.3 is 5.32 Å². The number of nitro groups is 1. The summed E-state index contributed by atoms with van der Waals surface area (Å²) in [6, 6.07) is 4.97. The van der Waals surface area contributed by atoms with Gasteiger partial charge >= 0.3 is 0 Å². The molecule has 9 heteroatoms. The summed E-state index contributed by atoms with van der Waals surface area (Å²) >= 11 is 0. The highest BCUT2D eigenvalue weighted by molar-refractivity contribution is 6.03. The summed E-state index contributed by atoms with van der Waals surface area (Å²) in [6.45, 7) is 0. The third-order valence-electron chi connectivity index (χ3n) is 2.32. The van der Waals surface area contributed by atoms with Gasteiger partial charge in [-0.15, -0.1) is 0 Å². The summed E-state index contributed by atoms with van der Waals surface area (Å²) < 4.78 is 12.9. The highest BCUT2D eigenvalue weighted by Crippen LogP contribution is 2.25. The van der Waals surface area contributed by atoms with Crippen molar-refractivity contribution in [2.24, 2.45) is 0 Å². The normalized spacial score (nSPS) is 10.1. The standard InChI is InChI=1S/C11H7FN4O4/c12-6-1-2-7(9(5-6)16(19)20)13-11(18)8-3-4-10(17)15-14-8/h1-5H,(H,13,18)(H,15,17). The van der Waals surface area contributed by atoms with Gasteiger partial charge in [0.15, 0.2) is 0 Å². The number of aromatic amines is 1. The minimum Gasteiger partial charge on any atom is -0.315 e. The molecule has 0 unspecified atom stereocenters. The molecule has 0 saturated carbocycles. The lowest BCUT2D eigenvalue weighted by Crippen LogP contribution is -2.18. The summed E-state index contributed by atoms with van der Waals surface area (Å²) in [6.07, 6.45) is 0. The van der Waals surface area contributed by atoms with Crippen molar-refractivity contribution in [2.45, 2.75) is 0 Å². The van der Waals surface area contributed by atoms with E-state index in [0.29, 0.717) is 6.07 Å². The summed E-state index contributed by atoms with van der Waals surface area (Å²) in [7, 11) is 0. The maximum Gasteiger partial charge on any atom is 0.295 e. The predicted molar refractivity (Wildman–Crippen MR) is 65.9 cm³/mol. The first-order valence-electron chi connectivity index (χ1n) is 5.28. The van der Waals surface area contributed by atoms with Crippen LogP contribution < -0.4 is 10.9 Å². The highest BCUT2D eigenvalue weighted by atomic mass is 19.1. The Morgan fingerprint density at radius 3 is 2.70 bits per heavy atom. The number of carbonyl (C=O) groups excluding carboxylic acids is 1. The lowest BCUT2D eigenvalue weighted by atomic mass is 10.2. The first-order valence-corrected chi connectivity index (χ1v) is 5.28. The van der Waals surface area contributed by atoms with E-state index in [1.54, 1.807) is 0 Å². The zero-order valence-electron chi connectivity index (χ0n) is 9.79. The molecule has 0 aliphatic carbocycles. The molecule has 1 aromatic heterocycles. The van der Waals surface area contributed by atoms with Crippen molar-refractivity contribution in [1.82, 2.24) is 10.2 Å². The van der Waals surface area contributed by atoms with Gasteiger partial charge in [-0.3, -0.25) is 19.7 Å². The third kappa shape index (κ3) is 2.83. The van der Waals surface area contributed by atoms with Crippen molar-refractivity contribution >= 4 is 17.3 Å². The number of nitro benzene ring substituents is 1. The number of halogens is 1. The smallest absolute Gasteiger partial charge is 0.295 e. The summed E-state index contributed by atoms with van der Waals surface area (Å²) in [5, 5.41) is 18.5. The minimum absolute atomic E-state index is 0.136. The molecule has 2 aromatic rings. The van der Waals surface area contributed by atoms with Crippen LogP contribution in [0.4, 0.5) is 15.8 Å². The number of carbonyl (C=O) groups is 1. The number of amides is 1. The fourth-order valence-corrected chi connectivity index (χ4v) is 1.42. The number of hydrogen-bond donors (Lipinski definition) is 2. The molecule has 0 aliphatic rings. The third-order valence-corrected chi connectivity index (χ3v) is 2.32. The van der Waals surface area contributed by atoms with Crippen LogP contribution in [0.25, 0.3) is 0 Å². The summed E-state index contributed by atoms with van der Waals surface area (Å²) in [5.74, 6) is -1.56. The largest absolute Gasteiger partial charge is 0.315 e. The van der Waals surface area contributed by atoms with Gasteiger partial charge in [0.25, 0.3) is 17.2 Å². The average molecular weight is 278 g/mol. The molecule has 0 atom stereocenters. The maximum absolute atomic E-state index is 12.9. The summed E-state index contributed by atoms with van der Waals surface area (Å²) in [5.41, 5.74) is -1.38. The van der Waals surface area contributed by atoms with E-state index in [9.17, 15) is 24.1 Å². The number of benzene rings is 1. The molecule has 0 aliphatic heterocycles. The first-order chi connectivity index (χ1) is 9.47. The number of nitrogens with zero attached hydrogens (tertiary/aromatic N) is 2. The second-order valence-electron chi connectivity index (χ2n) is 3.68.